The van der Waals surface area contributed by atoms with Crippen molar-refractivity contribution in [3.63, 3.8) is 0 Å². The number of aryl methyl sites for hydroxylation is 1. The van der Waals surface area contributed by atoms with Crippen molar-refractivity contribution in [2.24, 2.45) is 0 Å². The molecule has 3 N–H and O–H groups in total. The maximum absolute atomic E-state index is 12.8. The van der Waals surface area contributed by atoms with Gasteiger partial charge < -0.3 is 20.3 Å². The zero-order valence-electron chi connectivity index (χ0n) is 17.9. The molecule has 0 aliphatic carbocycles. The van der Waals surface area contributed by atoms with Crippen LogP contribution in [-0.4, -0.2) is 44.9 Å². The maximum atomic E-state index is 12.8. The Balaban J connectivity index is 1.55. The topological polar surface area (TPSA) is 121 Å². The minimum Gasteiger partial charge on any atom is -0.480 e. The number of carboxylic acid groups (broad SMARTS) is 1. The minimum absolute atomic E-state index is 0.0139. The van der Waals surface area contributed by atoms with Gasteiger partial charge in [0.2, 0.25) is 5.91 Å². The number of rotatable bonds is 7. The van der Waals surface area contributed by atoms with Gasteiger partial charge in [-0.3, -0.25) is 14.4 Å². The van der Waals surface area contributed by atoms with Gasteiger partial charge in [0, 0.05) is 28.4 Å². The number of para-hydroxylation sites is 2. The quantitative estimate of drug-likeness (QED) is 0.381. The number of anilines is 1. The van der Waals surface area contributed by atoms with Gasteiger partial charge in [0.15, 0.2) is 0 Å². The van der Waals surface area contributed by atoms with Crippen LogP contribution in [0.5, 0.6) is 0 Å². The van der Waals surface area contributed by atoms with Crippen LogP contribution in [0, 0.1) is 0 Å². The number of aliphatic carboxylic acids is 1. The third-order valence-electron chi connectivity index (χ3n) is 5.36. The first-order valence-electron chi connectivity index (χ1n) is 10.4. The first-order valence-corrected chi connectivity index (χ1v) is 10.4. The van der Waals surface area contributed by atoms with Crippen LogP contribution in [0.1, 0.15) is 18.1 Å². The molecule has 4 rings (SSSR count). The predicted octanol–water partition coefficient (Wildman–Crippen LogP) is 2.82. The molecule has 2 aromatic carbocycles. The highest BCUT2D eigenvalue weighted by Crippen LogP contribution is 2.25. The van der Waals surface area contributed by atoms with E-state index in [0.717, 1.165) is 22.3 Å². The summed E-state index contributed by atoms with van der Waals surface area (Å²) in [6, 6.07) is 13.8. The largest absolute Gasteiger partial charge is 0.480 e. The van der Waals surface area contributed by atoms with Crippen LogP contribution in [0.3, 0.4) is 0 Å². The molecule has 1 aliphatic heterocycles. The van der Waals surface area contributed by atoms with E-state index in [0.29, 0.717) is 16.8 Å². The molecule has 0 atom stereocenters. The molecule has 2 heterocycles. The van der Waals surface area contributed by atoms with E-state index in [1.807, 2.05) is 19.1 Å². The third-order valence-corrected chi connectivity index (χ3v) is 5.36. The molecule has 9 nitrogen and oxygen atoms in total. The maximum Gasteiger partial charge on any atom is 0.329 e. The fourth-order valence-corrected chi connectivity index (χ4v) is 3.82. The molecule has 1 saturated heterocycles. The zero-order chi connectivity index (χ0) is 23.5. The Labute approximate surface area is 189 Å². The summed E-state index contributed by atoms with van der Waals surface area (Å²) in [6.45, 7) is 1.29. The number of imide groups is 1. The number of carboxylic acids is 1. The first-order chi connectivity index (χ1) is 15.9. The Kier molecular flexibility index (Phi) is 5.95. The number of nitrogens with one attached hydrogen (secondary N) is 2. The molecule has 3 aromatic rings. The van der Waals surface area contributed by atoms with Gasteiger partial charge in [-0.05, 0) is 30.2 Å². The second-order valence-corrected chi connectivity index (χ2v) is 7.56. The molecule has 0 radical (unpaired) electrons. The second-order valence-electron chi connectivity index (χ2n) is 7.56. The monoisotopic (exact) mass is 446 g/mol. The van der Waals surface area contributed by atoms with Crippen molar-refractivity contribution in [3.8, 4) is 0 Å². The van der Waals surface area contributed by atoms with Gasteiger partial charge in [-0.1, -0.05) is 43.3 Å². The summed E-state index contributed by atoms with van der Waals surface area (Å²) in [7, 11) is 0. The average molecular weight is 446 g/mol. The van der Waals surface area contributed by atoms with Crippen molar-refractivity contribution < 1.29 is 24.3 Å². The summed E-state index contributed by atoms with van der Waals surface area (Å²) in [5.74, 6) is -2.12. The Hall–Kier alpha value is -4.40. The molecule has 0 bridgehead atoms. The number of hydrogen-bond acceptors (Lipinski definition) is 4. The molecule has 0 saturated carbocycles. The SMILES string of the molecule is CCc1ccccc1NC(=O)CN1C(=O)N/C(=C/c2cn(CC(=O)O)c3ccccc23)C1=O. The highest BCUT2D eigenvalue weighted by molar-refractivity contribution is 6.16. The van der Waals surface area contributed by atoms with Crippen molar-refractivity contribution >= 4 is 46.5 Å². The number of hydrogen-bond donors (Lipinski definition) is 3. The Bertz CT molecular complexity index is 1310. The molecule has 1 fully saturated rings. The Morgan fingerprint density at radius 3 is 2.55 bits per heavy atom. The molecule has 1 aromatic heterocycles. The van der Waals surface area contributed by atoms with Crippen molar-refractivity contribution in [3.05, 3.63) is 71.6 Å². The zero-order valence-corrected chi connectivity index (χ0v) is 17.9. The Morgan fingerprint density at radius 2 is 1.79 bits per heavy atom. The van der Waals surface area contributed by atoms with Crippen LogP contribution >= 0.6 is 0 Å². The van der Waals surface area contributed by atoms with E-state index in [2.05, 4.69) is 10.6 Å². The van der Waals surface area contributed by atoms with Gasteiger partial charge in [0.25, 0.3) is 5.91 Å². The highest BCUT2D eigenvalue weighted by atomic mass is 16.4. The molecule has 9 heteroatoms. The molecular formula is C24H22N4O5. The number of urea groups is 1. The van der Waals surface area contributed by atoms with E-state index >= 15 is 0 Å². The minimum atomic E-state index is -0.998. The van der Waals surface area contributed by atoms with Crippen LogP contribution in [0.15, 0.2) is 60.4 Å². The number of fused-ring (bicyclic) bond motifs is 1. The Morgan fingerprint density at radius 1 is 1.06 bits per heavy atom. The van der Waals surface area contributed by atoms with Gasteiger partial charge in [0.1, 0.15) is 18.8 Å². The van der Waals surface area contributed by atoms with Gasteiger partial charge in [-0.25, -0.2) is 9.69 Å². The lowest BCUT2D eigenvalue weighted by Gasteiger charge is -2.13. The number of amides is 4. The molecule has 0 spiro atoms. The van der Waals surface area contributed by atoms with Crippen LogP contribution in [-0.2, 0) is 27.3 Å². The standard InChI is InChI=1S/C24H22N4O5/c1-2-15-7-3-5-9-18(15)25-21(29)13-28-23(32)19(26-24(28)33)11-16-12-27(14-22(30)31)20-10-6-4-8-17(16)20/h3-12H,2,13-14H2,1H3,(H,25,29)(H,26,33)(H,30,31)/b19-11+. The third kappa shape index (κ3) is 4.47. The molecule has 168 valence electrons. The fourth-order valence-electron chi connectivity index (χ4n) is 3.82. The van der Waals surface area contributed by atoms with E-state index in [1.54, 1.807) is 47.2 Å². The molecule has 0 unspecified atom stereocenters. The number of carbonyl (C=O) groups excluding carboxylic acids is 3. The normalized spacial score (nSPS) is 14.7. The van der Waals surface area contributed by atoms with Crippen molar-refractivity contribution in [1.82, 2.24) is 14.8 Å². The average Bonchev–Trinajstić information content (AvgIpc) is 3.26. The summed E-state index contributed by atoms with van der Waals surface area (Å²) in [5.41, 5.74) is 2.87. The van der Waals surface area contributed by atoms with Gasteiger partial charge in [-0.15, -0.1) is 0 Å². The fraction of sp³-hybridized carbons (Fsp3) is 0.167. The smallest absolute Gasteiger partial charge is 0.329 e. The van der Waals surface area contributed by atoms with Gasteiger partial charge >= 0.3 is 12.0 Å². The van der Waals surface area contributed by atoms with Gasteiger partial charge in [0.05, 0.1) is 0 Å². The van der Waals surface area contributed by atoms with Crippen LogP contribution in [0.2, 0.25) is 0 Å². The lowest BCUT2D eigenvalue weighted by molar-refractivity contribution is -0.137. The highest BCUT2D eigenvalue weighted by Gasteiger charge is 2.35. The molecule has 33 heavy (non-hydrogen) atoms. The van der Waals surface area contributed by atoms with Crippen LogP contribution < -0.4 is 10.6 Å². The van der Waals surface area contributed by atoms with Crippen LogP contribution in [0.25, 0.3) is 17.0 Å². The van der Waals surface area contributed by atoms with Crippen LogP contribution in [0.4, 0.5) is 10.5 Å². The number of benzene rings is 2. The first kappa shape index (κ1) is 21.8. The lowest BCUT2D eigenvalue weighted by atomic mass is 10.1. The van der Waals surface area contributed by atoms with E-state index in [1.165, 1.54) is 6.08 Å². The van der Waals surface area contributed by atoms with E-state index in [-0.39, 0.29) is 12.2 Å². The second kappa shape index (κ2) is 8.99. The van der Waals surface area contributed by atoms with E-state index in [9.17, 15) is 19.2 Å². The summed E-state index contributed by atoms with van der Waals surface area (Å²) in [6.07, 6.45) is 3.83. The number of carbonyl (C=O) groups is 4. The van der Waals surface area contributed by atoms with Crippen molar-refractivity contribution in [2.45, 2.75) is 19.9 Å². The summed E-state index contributed by atoms with van der Waals surface area (Å²) < 4.78 is 1.56. The predicted molar refractivity (Wildman–Crippen MR) is 122 cm³/mol. The number of nitrogens with zero attached hydrogens (tertiary/aromatic N) is 2. The molecular weight excluding hydrogens is 424 g/mol. The van der Waals surface area contributed by atoms with Gasteiger partial charge in [-0.2, -0.15) is 0 Å². The van der Waals surface area contributed by atoms with Crippen molar-refractivity contribution in [1.29, 1.82) is 0 Å². The summed E-state index contributed by atoms with van der Waals surface area (Å²) in [4.78, 5) is 49.8. The summed E-state index contributed by atoms with van der Waals surface area (Å²) >= 11 is 0. The van der Waals surface area contributed by atoms with E-state index < -0.39 is 30.4 Å². The summed E-state index contributed by atoms with van der Waals surface area (Å²) in [5, 5.41) is 15.1. The molecule has 4 amide bonds. The van der Waals surface area contributed by atoms with E-state index in [4.69, 9.17) is 5.11 Å². The number of aromatic nitrogens is 1. The van der Waals surface area contributed by atoms with Crippen molar-refractivity contribution in [2.75, 3.05) is 11.9 Å². The molecule has 1 aliphatic rings. The lowest BCUT2D eigenvalue weighted by Crippen LogP contribution is -2.38.